The molecule has 6 heteroatoms. The number of nitrogens with one attached hydrogen (secondary N) is 1. The molecular weight excluding hydrogens is 245 g/mol. The van der Waals surface area contributed by atoms with E-state index >= 15 is 0 Å². The van der Waals surface area contributed by atoms with E-state index < -0.39 is 18.6 Å². The Morgan fingerprint density at radius 3 is 2.67 bits per heavy atom. The molecule has 0 aliphatic heterocycles. The SMILES string of the molecule is Cc1ccc2oc(C(CC(F)(F)F)NN)cc2c1. The molecule has 1 atom stereocenters. The summed E-state index contributed by atoms with van der Waals surface area (Å²) in [5.41, 5.74) is 3.71. The van der Waals surface area contributed by atoms with Crippen molar-refractivity contribution in [3.05, 3.63) is 35.6 Å². The molecule has 2 aromatic rings. The van der Waals surface area contributed by atoms with E-state index in [-0.39, 0.29) is 5.76 Å². The van der Waals surface area contributed by atoms with E-state index in [1.807, 2.05) is 19.1 Å². The average molecular weight is 258 g/mol. The van der Waals surface area contributed by atoms with Crippen molar-refractivity contribution in [3.8, 4) is 0 Å². The molecule has 0 fully saturated rings. The fraction of sp³-hybridized carbons (Fsp3) is 0.333. The highest BCUT2D eigenvalue weighted by Gasteiger charge is 2.33. The summed E-state index contributed by atoms with van der Waals surface area (Å²) in [6.45, 7) is 1.90. The first-order chi connectivity index (χ1) is 8.39. The second-order valence-electron chi connectivity index (χ2n) is 4.23. The summed E-state index contributed by atoms with van der Waals surface area (Å²) < 4.78 is 42.5. The quantitative estimate of drug-likeness (QED) is 0.656. The van der Waals surface area contributed by atoms with Crippen LogP contribution in [0.3, 0.4) is 0 Å². The maximum absolute atomic E-state index is 12.4. The lowest BCUT2D eigenvalue weighted by Crippen LogP contribution is -2.31. The van der Waals surface area contributed by atoms with Crippen LogP contribution in [0.1, 0.15) is 23.8 Å². The highest BCUT2D eigenvalue weighted by atomic mass is 19.4. The van der Waals surface area contributed by atoms with Gasteiger partial charge in [-0.15, -0.1) is 0 Å². The number of fused-ring (bicyclic) bond motifs is 1. The van der Waals surface area contributed by atoms with Crippen LogP contribution in [0.25, 0.3) is 11.0 Å². The molecule has 0 aliphatic rings. The highest BCUT2D eigenvalue weighted by molar-refractivity contribution is 5.78. The second kappa shape index (κ2) is 4.62. The Morgan fingerprint density at radius 2 is 2.06 bits per heavy atom. The molecule has 3 nitrogen and oxygen atoms in total. The highest BCUT2D eigenvalue weighted by Crippen LogP contribution is 2.32. The van der Waals surface area contributed by atoms with Crippen molar-refractivity contribution < 1.29 is 17.6 Å². The van der Waals surface area contributed by atoms with Gasteiger partial charge < -0.3 is 4.42 Å². The first-order valence-electron chi connectivity index (χ1n) is 5.42. The molecule has 0 radical (unpaired) electrons. The molecule has 0 saturated heterocycles. The zero-order valence-corrected chi connectivity index (χ0v) is 9.71. The smallest absolute Gasteiger partial charge is 0.391 e. The van der Waals surface area contributed by atoms with E-state index in [0.29, 0.717) is 5.58 Å². The summed E-state index contributed by atoms with van der Waals surface area (Å²) in [4.78, 5) is 0. The van der Waals surface area contributed by atoms with E-state index in [2.05, 4.69) is 5.43 Å². The number of hydrazine groups is 1. The monoisotopic (exact) mass is 258 g/mol. The van der Waals surface area contributed by atoms with Crippen molar-refractivity contribution in [1.82, 2.24) is 5.43 Å². The molecule has 0 aliphatic carbocycles. The predicted molar refractivity (Wildman–Crippen MR) is 61.7 cm³/mol. The second-order valence-corrected chi connectivity index (χ2v) is 4.23. The zero-order chi connectivity index (χ0) is 13.3. The Bertz CT molecular complexity index is 548. The lowest BCUT2D eigenvalue weighted by molar-refractivity contribution is -0.141. The maximum atomic E-state index is 12.4. The van der Waals surface area contributed by atoms with Gasteiger partial charge in [0.25, 0.3) is 0 Å². The minimum absolute atomic E-state index is 0.190. The molecule has 0 spiro atoms. The third-order valence-electron chi connectivity index (χ3n) is 2.67. The van der Waals surface area contributed by atoms with Crippen molar-refractivity contribution in [2.75, 3.05) is 0 Å². The molecule has 0 saturated carbocycles. The van der Waals surface area contributed by atoms with Gasteiger partial charge in [0.05, 0.1) is 12.5 Å². The summed E-state index contributed by atoms with van der Waals surface area (Å²) in [7, 11) is 0. The Morgan fingerprint density at radius 1 is 1.33 bits per heavy atom. The third kappa shape index (κ3) is 2.83. The predicted octanol–water partition coefficient (Wildman–Crippen LogP) is 3.20. The summed E-state index contributed by atoms with van der Waals surface area (Å²) >= 11 is 0. The van der Waals surface area contributed by atoms with Gasteiger partial charge in [-0.05, 0) is 25.1 Å². The van der Waals surface area contributed by atoms with Crippen molar-refractivity contribution in [2.24, 2.45) is 5.84 Å². The van der Waals surface area contributed by atoms with Crippen LogP contribution in [0.4, 0.5) is 13.2 Å². The number of aryl methyl sites for hydroxylation is 1. The average Bonchev–Trinajstić information content (AvgIpc) is 2.67. The summed E-state index contributed by atoms with van der Waals surface area (Å²) in [6, 6.07) is 5.93. The van der Waals surface area contributed by atoms with Gasteiger partial charge in [0.1, 0.15) is 11.3 Å². The van der Waals surface area contributed by atoms with E-state index in [9.17, 15) is 13.2 Å². The maximum Gasteiger partial charge on any atom is 0.391 e. The van der Waals surface area contributed by atoms with Crippen LogP contribution in [-0.4, -0.2) is 6.18 Å². The normalized spacial score (nSPS) is 14.1. The van der Waals surface area contributed by atoms with Gasteiger partial charge in [-0.3, -0.25) is 5.84 Å². The largest absolute Gasteiger partial charge is 0.459 e. The van der Waals surface area contributed by atoms with Crippen LogP contribution in [0.2, 0.25) is 0 Å². The summed E-state index contributed by atoms with van der Waals surface area (Å²) in [6.07, 6.45) is -5.37. The summed E-state index contributed by atoms with van der Waals surface area (Å²) in [5, 5.41) is 0.771. The number of hydrogen-bond acceptors (Lipinski definition) is 3. The van der Waals surface area contributed by atoms with Gasteiger partial charge >= 0.3 is 6.18 Å². The fourth-order valence-corrected chi connectivity index (χ4v) is 1.83. The minimum atomic E-state index is -4.30. The van der Waals surface area contributed by atoms with E-state index in [4.69, 9.17) is 10.3 Å². The van der Waals surface area contributed by atoms with Crippen LogP contribution in [0, 0.1) is 6.92 Å². The van der Waals surface area contributed by atoms with Crippen LogP contribution in [-0.2, 0) is 0 Å². The fourth-order valence-electron chi connectivity index (χ4n) is 1.83. The Balaban J connectivity index is 2.34. The number of nitrogens with two attached hydrogens (primary N) is 1. The van der Waals surface area contributed by atoms with Crippen LogP contribution >= 0.6 is 0 Å². The molecule has 18 heavy (non-hydrogen) atoms. The van der Waals surface area contributed by atoms with Gasteiger partial charge in [0.2, 0.25) is 0 Å². The number of furan rings is 1. The topological polar surface area (TPSA) is 51.2 Å². The molecule has 1 aromatic heterocycles. The van der Waals surface area contributed by atoms with Gasteiger partial charge in [-0.2, -0.15) is 13.2 Å². The lowest BCUT2D eigenvalue weighted by Gasteiger charge is -2.15. The molecule has 1 unspecified atom stereocenters. The van der Waals surface area contributed by atoms with E-state index in [0.717, 1.165) is 10.9 Å². The van der Waals surface area contributed by atoms with Gasteiger partial charge in [0.15, 0.2) is 0 Å². The Labute approximate surface area is 102 Å². The number of rotatable bonds is 3. The first-order valence-corrected chi connectivity index (χ1v) is 5.42. The van der Waals surface area contributed by atoms with Crippen LogP contribution in [0.15, 0.2) is 28.7 Å². The Hall–Kier alpha value is -1.53. The molecule has 1 aromatic carbocycles. The molecule has 98 valence electrons. The van der Waals surface area contributed by atoms with Crippen molar-refractivity contribution in [3.63, 3.8) is 0 Å². The zero-order valence-electron chi connectivity index (χ0n) is 9.71. The Kier molecular flexibility index (Phi) is 3.32. The summed E-state index contributed by atoms with van der Waals surface area (Å²) in [5.74, 6) is 5.34. The number of halogens is 3. The lowest BCUT2D eigenvalue weighted by atomic mass is 10.1. The van der Waals surface area contributed by atoms with Gasteiger partial charge in [-0.25, -0.2) is 5.43 Å². The molecule has 1 heterocycles. The van der Waals surface area contributed by atoms with E-state index in [1.165, 1.54) is 0 Å². The van der Waals surface area contributed by atoms with Gasteiger partial charge in [-0.1, -0.05) is 11.6 Å². The van der Waals surface area contributed by atoms with Crippen LogP contribution in [0.5, 0.6) is 0 Å². The number of benzene rings is 1. The molecule has 0 bridgehead atoms. The van der Waals surface area contributed by atoms with E-state index in [1.54, 1.807) is 12.1 Å². The standard InChI is InChI=1S/C12H13F3N2O/c1-7-2-3-10-8(4-7)5-11(18-10)9(17-16)6-12(13,14)15/h2-5,9,17H,6,16H2,1H3. The third-order valence-corrected chi connectivity index (χ3v) is 2.67. The van der Waals surface area contributed by atoms with Crippen LogP contribution < -0.4 is 11.3 Å². The van der Waals surface area contributed by atoms with Gasteiger partial charge in [0, 0.05) is 5.39 Å². The minimum Gasteiger partial charge on any atom is -0.459 e. The number of alkyl halides is 3. The molecule has 3 N–H and O–H groups in total. The van der Waals surface area contributed by atoms with Crippen molar-refractivity contribution >= 4 is 11.0 Å². The molecular formula is C12H13F3N2O. The molecule has 2 rings (SSSR count). The number of hydrogen-bond donors (Lipinski definition) is 2. The molecule has 0 amide bonds. The first kappa shape index (κ1) is 12.9. The van der Waals surface area contributed by atoms with Crippen molar-refractivity contribution in [2.45, 2.75) is 25.6 Å². The van der Waals surface area contributed by atoms with Crippen molar-refractivity contribution in [1.29, 1.82) is 0 Å².